The molecule has 1 aliphatic rings. The van der Waals surface area contributed by atoms with Crippen LogP contribution in [-0.4, -0.2) is 28.5 Å². The summed E-state index contributed by atoms with van der Waals surface area (Å²) in [5.74, 6) is 0.749. The number of rotatable bonds is 5. The van der Waals surface area contributed by atoms with E-state index in [4.69, 9.17) is 0 Å². The van der Waals surface area contributed by atoms with Crippen LogP contribution in [0, 0.1) is 0 Å². The summed E-state index contributed by atoms with van der Waals surface area (Å²) >= 11 is 0. The number of allylic oxidation sites excluding steroid dienone is 6. The van der Waals surface area contributed by atoms with Gasteiger partial charge in [0.2, 0.25) is 0 Å². The molecule has 0 unspecified atom stereocenters. The van der Waals surface area contributed by atoms with Gasteiger partial charge < -0.3 is 10.2 Å². The fraction of sp³-hybridized carbons (Fsp3) is 0.250. The summed E-state index contributed by atoms with van der Waals surface area (Å²) in [6.45, 7) is 4.33. The topological polar surface area (TPSA) is 45.5 Å². The lowest BCUT2D eigenvalue weighted by Crippen LogP contribution is -2.08. The summed E-state index contributed by atoms with van der Waals surface area (Å²) in [6.07, 6.45) is 14.7. The summed E-state index contributed by atoms with van der Waals surface area (Å²) < 4.78 is 2.10. The molecule has 4 rings (SSSR count). The summed E-state index contributed by atoms with van der Waals surface area (Å²) in [5.41, 5.74) is 7.97. The predicted molar refractivity (Wildman–Crippen MR) is 122 cm³/mol. The molecule has 0 bridgehead atoms. The Labute approximate surface area is 172 Å². The highest BCUT2D eigenvalue weighted by molar-refractivity contribution is 5.75. The maximum absolute atomic E-state index is 4.66. The Morgan fingerprint density at radius 1 is 1.24 bits per heavy atom. The fourth-order valence-corrected chi connectivity index (χ4v) is 3.62. The first-order valence-corrected chi connectivity index (χ1v) is 9.94. The van der Waals surface area contributed by atoms with Crippen molar-refractivity contribution in [3.63, 3.8) is 0 Å². The van der Waals surface area contributed by atoms with Crippen molar-refractivity contribution < 1.29 is 0 Å². The van der Waals surface area contributed by atoms with Crippen molar-refractivity contribution >= 4 is 28.4 Å². The number of nitrogens with zero attached hydrogens (tertiary/aromatic N) is 4. The summed E-state index contributed by atoms with van der Waals surface area (Å²) in [4.78, 5) is 11.3. The third kappa shape index (κ3) is 3.94. The van der Waals surface area contributed by atoms with Crippen LogP contribution in [0.25, 0.3) is 11.2 Å². The smallest absolute Gasteiger partial charge is 0.180 e. The van der Waals surface area contributed by atoms with E-state index in [9.17, 15) is 0 Å². The first kappa shape index (κ1) is 19.0. The first-order valence-electron chi connectivity index (χ1n) is 9.94. The van der Waals surface area contributed by atoms with Crippen molar-refractivity contribution in [3.05, 3.63) is 77.9 Å². The van der Waals surface area contributed by atoms with Crippen LogP contribution in [0.4, 0.5) is 17.2 Å². The van der Waals surface area contributed by atoms with Gasteiger partial charge in [-0.2, -0.15) is 0 Å². The highest BCUT2D eigenvalue weighted by atomic mass is 15.1. The van der Waals surface area contributed by atoms with Crippen LogP contribution in [0.2, 0.25) is 0 Å². The van der Waals surface area contributed by atoms with Gasteiger partial charge in [-0.1, -0.05) is 24.3 Å². The molecular weight excluding hydrogens is 358 g/mol. The molecule has 0 saturated carbocycles. The van der Waals surface area contributed by atoms with E-state index in [1.165, 1.54) is 16.7 Å². The zero-order valence-corrected chi connectivity index (χ0v) is 17.5. The monoisotopic (exact) mass is 385 g/mol. The molecule has 0 spiro atoms. The van der Waals surface area contributed by atoms with Gasteiger partial charge in [0.15, 0.2) is 11.5 Å². The molecule has 0 atom stereocenters. The average molecular weight is 386 g/mol. The first-order chi connectivity index (χ1) is 14.0. The zero-order valence-electron chi connectivity index (χ0n) is 17.5. The minimum absolute atomic E-state index is 0.749. The van der Waals surface area contributed by atoms with Crippen molar-refractivity contribution in [2.75, 3.05) is 24.3 Å². The van der Waals surface area contributed by atoms with E-state index in [0.29, 0.717) is 0 Å². The van der Waals surface area contributed by atoms with Crippen LogP contribution >= 0.6 is 0 Å². The Morgan fingerprint density at radius 2 is 2.10 bits per heavy atom. The van der Waals surface area contributed by atoms with E-state index >= 15 is 0 Å². The summed E-state index contributed by atoms with van der Waals surface area (Å²) in [5, 5.41) is 3.42. The predicted octanol–water partition coefficient (Wildman–Crippen LogP) is 5.61. The number of imidazole rings is 1. The Bertz CT molecular complexity index is 1130. The molecule has 2 heterocycles. The number of hydrogen-bond donors (Lipinski definition) is 1. The molecule has 3 aromatic rings. The van der Waals surface area contributed by atoms with Crippen molar-refractivity contribution in [3.8, 4) is 0 Å². The number of anilines is 3. The quantitative estimate of drug-likeness (QED) is 0.620. The van der Waals surface area contributed by atoms with Crippen LogP contribution in [0.15, 0.2) is 72.2 Å². The molecule has 5 heteroatoms. The molecule has 0 radical (unpaired) electrons. The van der Waals surface area contributed by atoms with Crippen molar-refractivity contribution in [2.45, 2.75) is 26.7 Å². The molecule has 0 fully saturated rings. The number of aromatic nitrogens is 3. The average Bonchev–Trinajstić information content (AvgIpc) is 3.15. The molecule has 1 aliphatic carbocycles. The van der Waals surface area contributed by atoms with E-state index in [-0.39, 0.29) is 0 Å². The molecule has 0 amide bonds. The van der Waals surface area contributed by atoms with Gasteiger partial charge in [-0.05, 0) is 61.6 Å². The maximum Gasteiger partial charge on any atom is 0.180 e. The highest BCUT2D eigenvalue weighted by Crippen LogP contribution is 2.27. The lowest BCUT2D eigenvalue weighted by Gasteiger charge is -2.14. The second-order valence-electron chi connectivity index (χ2n) is 7.66. The molecule has 5 nitrogen and oxygen atoms in total. The third-order valence-electron chi connectivity index (χ3n) is 5.30. The Balaban J connectivity index is 1.68. The third-order valence-corrected chi connectivity index (χ3v) is 5.30. The Hall–Kier alpha value is -3.34. The molecule has 1 N–H and O–H groups in total. The second kappa shape index (κ2) is 7.95. The van der Waals surface area contributed by atoms with Crippen LogP contribution in [0.1, 0.15) is 32.4 Å². The van der Waals surface area contributed by atoms with Crippen molar-refractivity contribution in [1.82, 2.24) is 14.4 Å². The van der Waals surface area contributed by atoms with Crippen LogP contribution in [-0.2, 0) is 0 Å². The van der Waals surface area contributed by atoms with Gasteiger partial charge in [0.05, 0.1) is 11.9 Å². The molecule has 0 saturated heterocycles. The minimum Gasteiger partial charge on any atom is -0.378 e. The van der Waals surface area contributed by atoms with Gasteiger partial charge in [0.25, 0.3) is 0 Å². The molecular formula is C24H27N5. The summed E-state index contributed by atoms with van der Waals surface area (Å²) in [7, 11) is 4.07. The molecule has 29 heavy (non-hydrogen) atoms. The van der Waals surface area contributed by atoms with Crippen LogP contribution in [0.3, 0.4) is 0 Å². The van der Waals surface area contributed by atoms with E-state index in [1.807, 2.05) is 44.8 Å². The van der Waals surface area contributed by atoms with Crippen molar-refractivity contribution in [1.29, 1.82) is 0 Å². The number of nitrogens with one attached hydrogen (secondary N) is 1. The lowest BCUT2D eigenvalue weighted by atomic mass is 9.96. The van der Waals surface area contributed by atoms with Crippen LogP contribution in [0.5, 0.6) is 0 Å². The summed E-state index contributed by atoms with van der Waals surface area (Å²) in [6, 6.07) is 8.26. The second-order valence-corrected chi connectivity index (χ2v) is 7.66. The molecule has 2 aromatic heterocycles. The van der Waals surface area contributed by atoms with Gasteiger partial charge in [-0.3, -0.25) is 4.40 Å². The van der Waals surface area contributed by atoms with Gasteiger partial charge in [-0.25, -0.2) is 9.97 Å². The molecule has 0 aliphatic heterocycles. The zero-order chi connectivity index (χ0) is 20.4. The van der Waals surface area contributed by atoms with Gasteiger partial charge in [-0.15, -0.1) is 0 Å². The van der Waals surface area contributed by atoms with Crippen LogP contribution < -0.4 is 10.2 Å². The van der Waals surface area contributed by atoms with Gasteiger partial charge >= 0.3 is 0 Å². The van der Waals surface area contributed by atoms with E-state index < -0.39 is 0 Å². The maximum atomic E-state index is 4.66. The normalized spacial score (nSPS) is 14.6. The van der Waals surface area contributed by atoms with E-state index in [0.717, 1.165) is 41.4 Å². The molecule has 148 valence electrons. The SMILES string of the molecule is CC1=C(/C=C(\C)c2cnc3c(Nc4cccc(N(C)C)c4)nccn23)CCC=C1. The number of benzene rings is 1. The minimum atomic E-state index is 0.749. The standard InChI is InChI=1S/C24H27N5/c1-17-8-5-6-9-19(17)14-18(2)22-16-26-24-23(25-12-13-29(22)24)27-20-10-7-11-21(15-20)28(3)4/h5,7-8,10-16H,6,9H2,1-4H3,(H,25,27)/b18-14+. The Kier molecular flexibility index (Phi) is 5.21. The molecule has 1 aromatic carbocycles. The van der Waals surface area contributed by atoms with Crippen molar-refractivity contribution in [2.24, 2.45) is 0 Å². The van der Waals surface area contributed by atoms with Gasteiger partial charge in [0, 0.05) is 37.9 Å². The van der Waals surface area contributed by atoms with Gasteiger partial charge in [0.1, 0.15) is 0 Å². The largest absolute Gasteiger partial charge is 0.378 e. The Morgan fingerprint density at radius 3 is 2.90 bits per heavy atom. The van der Waals surface area contributed by atoms with E-state index in [1.54, 1.807) is 0 Å². The number of fused-ring (bicyclic) bond motifs is 1. The highest BCUT2D eigenvalue weighted by Gasteiger charge is 2.12. The fourth-order valence-electron chi connectivity index (χ4n) is 3.62. The number of hydrogen-bond acceptors (Lipinski definition) is 4. The lowest BCUT2D eigenvalue weighted by molar-refractivity contribution is 0.968. The van der Waals surface area contributed by atoms with E-state index in [2.05, 4.69) is 68.8 Å².